The van der Waals surface area contributed by atoms with Gasteiger partial charge in [-0.1, -0.05) is 111 Å². The number of nitro benzene ring substituents is 1. The summed E-state index contributed by atoms with van der Waals surface area (Å²) in [7, 11) is 0. The van der Waals surface area contributed by atoms with E-state index in [2.05, 4.69) is 9.98 Å². The topological polar surface area (TPSA) is 217 Å². The number of carbonyl (C=O) groups is 1. The van der Waals surface area contributed by atoms with Crippen LogP contribution in [0.15, 0.2) is 120 Å². The van der Waals surface area contributed by atoms with Crippen LogP contribution in [-0.2, 0) is 21.9 Å². The van der Waals surface area contributed by atoms with Crippen LogP contribution in [0.2, 0.25) is 0 Å². The molecule has 3 aromatic heterocycles. The van der Waals surface area contributed by atoms with Crippen molar-refractivity contribution < 1.29 is 36.7 Å². The van der Waals surface area contributed by atoms with Crippen molar-refractivity contribution in [3.05, 3.63) is 131 Å². The molecule has 0 amide bonds. The Balaban J connectivity index is 0.000000243. The van der Waals surface area contributed by atoms with Gasteiger partial charge in [-0.2, -0.15) is 4.99 Å². The summed E-state index contributed by atoms with van der Waals surface area (Å²) in [6.07, 6.45) is 1.13. The number of isocyanates is 1. The molecule has 286 valence electrons. The molecule has 2 aliphatic rings. The number of carboxylic acid groups (broad SMARTS) is 1. The minimum absolute atomic E-state index is 0. The third kappa shape index (κ3) is 6.97. The standard InChI is InChI=1S/C32H17N8.C8H4N2O5.C2H6.Cu/c1-2-10-18-17(9-1)25-33-26(18)38-28-21-13-5-6-14-22(21)30(35-28)40-32-24-16-8-7-15-23(24)31(36-32)39-29-20-12-4-3-11-19(20)27(34-29)37-25;11-4-9-7-3-5(10(14)15)1-2-6(7)8(12)13;1-2;/h1-16H,(H-,33,34,35,36,37,38,39,40);1-3H,(H,12,13);1-2H3;/q-1;;;+1. The normalized spacial score (nSPS) is 10.7. The number of nitrogens with one attached hydrogen (secondary N) is 1. The van der Waals surface area contributed by atoms with E-state index in [1.807, 2.05) is 111 Å². The summed E-state index contributed by atoms with van der Waals surface area (Å²) in [5, 5.41) is 22.7. The van der Waals surface area contributed by atoms with Gasteiger partial charge >= 0.3 is 23.0 Å². The molecular formula is C42H27CuN10O5. The molecule has 8 aromatic rings. The zero-order valence-corrected chi connectivity index (χ0v) is 31.3. The number of nitrogens with zero attached hydrogens (tertiary/aromatic N) is 9. The molecule has 0 fully saturated rings. The number of H-pyrrole nitrogens is 1. The van der Waals surface area contributed by atoms with E-state index in [-0.39, 0.29) is 34.0 Å². The molecule has 0 unspecified atom stereocenters. The minimum atomic E-state index is -1.32. The van der Waals surface area contributed by atoms with Gasteiger partial charge in [0.25, 0.3) is 5.69 Å². The number of non-ortho nitro benzene ring substituents is 1. The molecule has 58 heavy (non-hydrogen) atoms. The fourth-order valence-corrected chi connectivity index (χ4v) is 6.48. The van der Waals surface area contributed by atoms with Crippen LogP contribution >= 0.6 is 0 Å². The zero-order valence-electron chi connectivity index (χ0n) is 30.4. The van der Waals surface area contributed by atoms with Crippen LogP contribution in [0.25, 0.3) is 89.7 Å². The molecule has 5 aromatic carbocycles. The van der Waals surface area contributed by atoms with Crippen molar-refractivity contribution in [1.29, 1.82) is 0 Å². The van der Waals surface area contributed by atoms with Crippen molar-refractivity contribution in [2.75, 3.05) is 0 Å². The van der Waals surface area contributed by atoms with Crippen LogP contribution in [0.3, 0.4) is 0 Å². The summed E-state index contributed by atoms with van der Waals surface area (Å²) >= 11 is 0. The molecule has 15 nitrogen and oxygen atoms in total. The van der Waals surface area contributed by atoms with Gasteiger partial charge in [0.2, 0.25) is 6.08 Å². The van der Waals surface area contributed by atoms with Crippen LogP contribution < -0.4 is 4.98 Å². The molecule has 0 radical (unpaired) electrons. The SMILES string of the molecule is CC.O=C=Nc1cc([N+](=O)[O-])ccc1C(=O)O.[Cu+].c1ccc2c(c1)-c1nc-2nc2[nH]c(nc3nc(nc4[n-]c(n1)c1ccccc41)-c1ccccc1-3)c1ccccc21. The number of aromatic nitrogens is 8. The fourth-order valence-electron chi connectivity index (χ4n) is 6.48. The maximum atomic E-state index is 10.6. The van der Waals surface area contributed by atoms with E-state index in [4.69, 9.17) is 40.0 Å². The van der Waals surface area contributed by atoms with E-state index in [0.29, 0.717) is 45.9 Å². The third-order valence-corrected chi connectivity index (χ3v) is 8.98. The number of carboxylic acids is 1. The van der Waals surface area contributed by atoms with E-state index >= 15 is 0 Å². The maximum absolute atomic E-state index is 10.6. The Morgan fingerprint density at radius 2 is 1.07 bits per heavy atom. The Morgan fingerprint density at radius 3 is 1.48 bits per heavy atom. The van der Waals surface area contributed by atoms with Crippen molar-refractivity contribution in [2.45, 2.75) is 13.8 Å². The van der Waals surface area contributed by atoms with Gasteiger partial charge in [0.1, 0.15) is 11.3 Å². The summed E-state index contributed by atoms with van der Waals surface area (Å²) in [5.41, 5.74) is 5.20. The number of hydrogen-bond acceptors (Lipinski definition) is 11. The Morgan fingerprint density at radius 1 is 0.655 bits per heavy atom. The van der Waals surface area contributed by atoms with Gasteiger partial charge in [0.15, 0.2) is 11.6 Å². The van der Waals surface area contributed by atoms with Crippen molar-refractivity contribution >= 4 is 67.6 Å². The number of aliphatic imine (C=N–C) groups is 1. The summed E-state index contributed by atoms with van der Waals surface area (Å²) < 4.78 is 0. The monoisotopic (exact) mass is 814 g/mol. The molecule has 0 atom stereocenters. The van der Waals surface area contributed by atoms with Gasteiger partial charge in [0, 0.05) is 56.5 Å². The van der Waals surface area contributed by atoms with Gasteiger partial charge in [-0.05, 0) is 16.8 Å². The quantitative estimate of drug-likeness (QED) is 0.0562. The Bertz CT molecular complexity index is 2840. The molecule has 0 saturated carbocycles. The number of aromatic amines is 1. The Labute approximate surface area is 338 Å². The number of aromatic carboxylic acids is 1. The van der Waals surface area contributed by atoms with Crippen LogP contribution in [0.4, 0.5) is 11.4 Å². The molecule has 2 N–H and O–H groups in total. The number of fused-ring (bicyclic) bond motifs is 20. The van der Waals surface area contributed by atoms with E-state index in [9.17, 15) is 19.7 Å². The molecule has 10 rings (SSSR count). The van der Waals surface area contributed by atoms with Crippen molar-refractivity contribution in [2.24, 2.45) is 4.99 Å². The molecule has 0 saturated heterocycles. The second-order valence-corrected chi connectivity index (χ2v) is 12.2. The zero-order chi connectivity index (χ0) is 39.6. The first-order chi connectivity index (χ1) is 27.9. The smallest absolute Gasteiger partial charge is 0.478 e. The summed E-state index contributed by atoms with van der Waals surface area (Å²) in [5.74, 6) is 0.978. The molecule has 0 spiro atoms. The largest absolute Gasteiger partial charge is 1.00 e. The number of nitro groups is 1. The summed E-state index contributed by atoms with van der Waals surface area (Å²) in [6, 6.07) is 35.0. The molecule has 2 aliphatic heterocycles. The summed E-state index contributed by atoms with van der Waals surface area (Å²) in [4.78, 5) is 71.3. The van der Waals surface area contributed by atoms with Crippen LogP contribution in [0.5, 0.6) is 0 Å². The van der Waals surface area contributed by atoms with Gasteiger partial charge in [-0.15, -0.1) is 0 Å². The first kappa shape index (κ1) is 38.5. The van der Waals surface area contributed by atoms with Gasteiger partial charge < -0.3 is 25.0 Å². The molecule has 5 heterocycles. The van der Waals surface area contributed by atoms with Crippen molar-refractivity contribution in [3.8, 4) is 45.6 Å². The second kappa shape index (κ2) is 16.1. The fraction of sp³-hybridized carbons (Fsp3) is 0.0476. The van der Waals surface area contributed by atoms with Crippen LogP contribution in [0.1, 0.15) is 24.2 Å². The van der Waals surface area contributed by atoms with Crippen molar-refractivity contribution in [3.63, 3.8) is 0 Å². The van der Waals surface area contributed by atoms with E-state index in [1.54, 1.807) is 0 Å². The van der Waals surface area contributed by atoms with E-state index < -0.39 is 10.9 Å². The van der Waals surface area contributed by atoms with Gasteiger partial charge in [-0.25, -0.2) is 29.5 Å². The van der Waals surface area contributed by atoms with Crippen molar-refractivity contribution in [1.82, 2.24) is 39.9 Å². The number of rotatable bonds is 3. The van der Waals surface area contributed by atoms with Crippen LogP contribution in [0, 0.1) is 10.1 Å². The summed E-state index contributed by atoms with van der Waals surface area (Å²) in [6.45, 7) is 4.00. The van der Waals surface area contributed by atoms with Crippen LogP contribution in [-0.4, -0.2) is 57.0 Å². The van der Waals surface area contributed by atoms with E-state index in [0.717, 1.165) is 68.1 Å². The first-order valence-corrected chi connectivity index (χ1v) is 17.6. The van der Waals surface area contributed by atoms with E-state index in [1.165, 1.54) is 0 Å². The molecule has 16 heteroatoms. The minimum Gasteiger partial charge on any atom is -0.478 e. The predicted octanol–water partition coefficient (Wildman–Crippen LogP) is 8.78. The number of hydrogen-bond donors (Lipinski definition) is 2. The number of carbonyl (C=O) groups excluding carboxylic acids is 1. The molecule has 8 bridgehead atoms. The molecular weight excluding hydrogens is 788 g/mol. The van der Waals surface area contributed by atoms with Gasteiger partial charge in [0.05, 0.1) is 27.8 Å². The molecule has 0 aliphatic carbocycles. The third-order valence-electron chi connectivity index (χ3n) is 8.98. The Kier molecular flexibility index (Phi) is 10.7. The number of benzene rings is 5. The maximum Gasteiger partial charge on any atom is 1.00 e. The second-order valence-electron chi connectivity index (χ2n) is 12.2. The van der Waals surface area contributed by atoms with Gasteiger partial charge in [-0.3, -0.25) is 10.1 Å². The average molecular weight is 815 g/mol. The Hall–Kier alpha value is -7.77. The first-order valence-electron chi connectivity index (χ1n) is 17.6. The average Bonchev–Trinajstić information content (AvgIpc) is 3.98. The predicted molar refractivity (Wildman–Crippen MR) is 214 cm³/mol.